The van der Waals surface area contributed by atoms with E-state index in [1.165, 1.54) is 44.9 Å². The molecule has 0 aliphatic heterocycles. The fourth-order valence-corrected chi connectivity index (χ4v) is 1.75. The largest absolute Gasteiger partial charge is 0.368 e. The number of unbranched alkanes of at least 4 members (excludes halogenated alkanes) is 7. The van der Waals surface area contributed by atoms with E-state index in [2.05, 4.69) is 12.2 Å². The standard InChI is InChI=1S/C14H30N2O/c1-4-5-6-7-8-9-10-11-12-16-14(2,3)13(15)17/h16H,4-12H2,1-3H3,(H2,15,17). The first-order valence-electron chi connectivity index (χ1n) is 7.05. The summed E-state index contributed by atoms with van der Waals surface area (Å²) in [5, 5.41) is 3.20. The second kappa shape index (κ2) is 9.46. The van der Waals surface area contributed by atoms with Gasteiger partial charge in [0.2, 0.25) is 5.91 Å². The molecule has 0 aromatic rings. The Morgan fingerprint density at radius 1 is 1.00 bits per heavy atom. The molecule has 1 amide bonds. The normalized spacial score (nSPS) is 11.7. The molecule has 0 fully saturated rings. The third kappa shape index (κ3) is 9.16. The molecule has 3 nitrogen and oxygen atoms in total. The quantitative estimate of drug-likeness (QED) is 0.547. The van der Waals surface area contributed by atoms with Crippen molar-refractivity contribution in [2.75, 3.05) is 6.54 Å². The van der Waals surface area contributed by atoms with Gasteiger partial charge in [0.15, 0.2) is 0 Å². The zero-order valence-corrected chi connectivity index (χ0v) is 11.8. The average molecular weight is 242 g/mol. The van der Waals surface area contributed by atoms with Gasteiger partial charge in [-0.05, 0) is 26.8 Å². The number of carbonyl (C=O) groups is 1. The Kier molecular flexibility index (Phi) is 9.14. The van der Waals surface area contributed by atoms with Crippen LogP contribution in [-0.2, 0) is 4.79 Å². The SMILES string of the molecule is CCCCCCCCCCNC(C)(C)C(N)=O. The molecule has 0 aromatic carbocycles. The van der Waals surface area contributed by atoms with Gasteiger partial charge in [-0.1, -0.05) is 51.9 Å². The third-order valence-electron chi connectivity index (χ3n) is 3.21. The number of nitrogens with one attached hydrogen (secondary N) is 1. The molecular formula is C14H30N2O. The lowest BCUT2D eigenvalue weighted by molar-refractivity contribution is -0.123. The lowest BCUT2D eigenvalue weighted by Crippen LogP contribution is -2.50. The molecule has 0 radical (unpaired) electrons. The molecule has 0 spiro atoms. The van der Waals surface area contributed by atoms with Crippen molar-refractivity contribution >= 4 is 5.91 Å². The summed E-state index contributed by atoms with van der Waals surface area (Å²) in [5.41, 5.74) is 4.71. The first kappa shape index (κ1) is 16.4. The number of rotatable bonds is 11. The molecule has 0 aromatic heterocycles. The smallest absolute Gasteiger partial charge is 0.237 e. The van der Waals surface area contributed by atoms with E-state index in [-0.39, 0.29) is 5.91 Å². The van der Waals surface area contributed by atoms with Crippen molar-refractivity contribution < 1.29 is 4.79 Å². The van der Waals surface area contributed by atoms with Crippen molar-refractivity contribution in [1.29, 1.82) is 0 Å². The van der Waals surface area contributed by atoms with E-state index in [1.54, 1.807) is 0 Å². The van der Waals surface area contributed by atoms with Gasteiger partial charge in [0.25, 0.3) is 0 Å². The van der Waals surface area contributed by atoms with Crippen molar-refractivity contribution in [1.82, 2.24) is 5.32 Å². The first-order chi connectivity index (χ1) is 8.00. The Bertz CT molecular complexity index is 202. The van der Waals surface area contributed by atoms with E-state index in [4.69, 9.17) is 5.73 Å². The molecule has 3 heteroatoms. The summed E-state index contributed by atoms with van der Waals surface area (Å²) in [4.78, 5) is 11.0. The highest BCUT2D eigenvalue weighted by atomic mass is 16.1. The van der Waals surface area contributed by atoms with Gasteiger partial charge in [-0.15, -0.1) is 0 Å². The van der Waals surface area contributed by atoms with Gasteiger partial charge >= 0.3 is 0 Å². The van der Waals surface area contributed by atoms with Crippen LogP contribution in [0.5, 0.6) is 0 Å². The Morgan fingerprint density at radius 3 is 1.94 bits per heavy atom. The van der Waals surface area contributed by atoms with E-state index >= 15 is 0 Å². The molecule has 0 bridgehead atoms. The number of hydrogen-bond donors (Lipinski definition) is 2. The number of primary amides is 1. The minimum Gasteiger partial charge on any atom is -0.368 e. The van der Waals surface area contributed by atoms with E-state index in [0.717, 1.165) is 13.0 Å². The highest BCUT2D eigenvalue weighted by Gasteiger charge is 2.22. The third-order valence-corrected chi connectivity index (χ3v) is 3.21. The molecule has 0 aliphatic rings. The second-order valence-electron chi connectivity index (χ2n) is 5.39. The zero-order chi connectivity index (χ0) is 13.1. The minimum atomic E-state index is -0.568. The summed E-state index contributed by atoms with van der Waals surface area (Å²) in [5.74, 6) is -0.280. The average Bonchev–Trinajstić information content (AvgIpc) is 2.26. The molecule has 102 valence electrons. The zero-order valence-electron chi connectivity index (χ0n) is 11.8. The van der Waals surface area contributed by atoms with Crippen molar-refractivity contribution in [2.45, 2.75) is 77.7 Å². The summed E-state index contributed by atoms with van der Waals surface area (Å²) in [6.45, 7) is 6.79. The summed E-state index contributed by atoms with van der Waals surface area (Å²) in [6.07, 6.45) is 10.5. The Labute approximate surface area is 107 Å². The van der Waals surface area contributed by atoms with Crippen LogP contribution in [0.2, 0.25) is 0 Å². The maximum absolute atomic E-state index is 11.0. The van der Waals surface area contributed by atoms with Crippen LogP contribution in [0.1, 0.15) is 72.1 Å². The van der Waals surface area contributed by atoms with Crippen LogP contribution in [-0.4, -0.2) is 18.0 Å². The minimum absolute atomic E-state index is 0.280. The van der Waals surface area contributed by atoms with Crippen molar-refractivity contribution in [3.63, 3.8) is 0 Å². The molecular weight excluding hydrogens is 212 g/mol. The Morgan fingerprint density at radius 2 is 1.47 bits per heavy atom. The highest BCUT2D eigenvalue weighted by Crippen LogP contribution is 2.08. The van der Waals surface area contributed by atoms with Crippen LogP contribution in [0.4, 0.5) is 0 Å². The van der Waals surface area contributed by atoms with Crippen LogP contribution in [0.25, 0.3) is 0 Å². The van der Waals surface area contributed by atoms with Gasteiger partial charge in [0, 0.05) is 0 Å². The summed E-state index contributed by atoms with van der Waals surface area (Å²) >= 11 is 0. The predicted octanol–water partition coefficient (Wildman–Crippen LogP) is 2.98. The molecule has 0 aliphatic carbocycles. The van der Waals surface area contributed by atoms with Crippen LogP contribution in [0, 0.1) is 0 Å². The van der Waals surface area contributed by atoms with E-state index in [9.17, 15) is 4.79 Å². The number of carbonyl (C=O) groups excluding carboxylic acids is 1. The number of amides is 1. The predicted molar refractivity (Wildman–Crippen MR) is 73.9 cm³/mol. The van der Waals surface area contributed by atoms with Crippen molar-refractivity contribution in [3.8, 4) is 0 Å². The lowest BCUT2D eigenvalue weighted by atomic mass is 10.0. The van der Waals surface area contributed by atoms with Gasteiger partial charge in [0.05, 0.1) is 5.54 Å². The molecule has 0 saturated heterocycles. The molecule has 17 heavy (non-hydrogen) atoms. The molecule has 0 saturated carbocycles. The first-order valence-corrected chi connectivity index (χ1v) is 7.05. The van der Waals surface area contributed by atoms with Gasteiger partial charge < -0.3 is 11.1 Å². The fourth-order valence-electron chi connectivity index (χ4n) is 1.75. The molecule has 0 heterocycles. The van der Waals surface area contributed by atoms with E-state index in [0.29, 0.717) is 0 Å². The van der Waals surface area contributed by atoms with Gasteiger partial charge in [-0.25, -0.2) is 0 Å². The van der Waals surface area contributed by atoms with Crippen molar-refractivity contribution in [3.05, 3.63) is 0 Å². The molecule has 0 atom stereocenters. The second-order valence-corrected chi connectivity index (χ2v) is 5.39. The number of nitrogens with two attached hydrogens (primary N) is 1. The van der Waals surface area contributed by atoms with Crippen LogP contribution < -0.4 is 11.1 Å². The van der Waals surface area contributed by atoms with Crippen molar-refractivity contribution in [2.24, 2.45) is 5.73 Å². The molecule has 0 rings (SSSR count). The van der Waals surface area contributed by atoms with Crippen LogP contribution in [0.15, 0.2) is 0 Å². The Balaban J connectivity index is 3.27. The summed E-state index contributed by atoms with van der Waals surface area (Å²) in [6, 6.07) is 0. The monoisotopic (exact) mass is 242 g/mol. The topological polar surface area (TPSA) is 55.1 Å². The van der Waals surface area contributed by atoms with Gasteiger partial charge in [0.1, 0.15) is 0 Å². The van der Waals surface area contributed by atoms with Crippen LogP contribution in [0.3, 0.4) is 0 Å². The number of hydrogen-bond acceptors (Lipinski definition) is 2. The summed E-state index contributed by atoms with van der Waals surface area (Å²) in [7, 11) is 0. The highest BCUT2D eigenvalue weighted by molar-refractivity contribution is 5.83. The van der Waals surface area contributed by atoms with E-state index in [1.807, 2.05) is 13.8 Å². The van der Waals surface area contributed by atoms with Gasteiger partial charge in [-0.3, -0.25) is 4.79 Å². The van der Waals surface area contributed by atoms with Crippen LogP contribution >= 0.6 is 0 Å². The molecule has 3 N–H and O–H groups in total. The van der Waals surface area contributed by atoms with Gasteiger partial charge in [-0.2, -0.15) is 0 Å². The fraction of sp³-hybridized carbons (Fsp3) is 0.929. The maximum atomic E-state index is 11.0. The maximum Gasteiger partial charge on any atom is 0.237 e. The summed E-state index contributed by atoms with van der Waals surface area (Å²) < 4.78 is 0. The lowest BCUT2D eigenvalue weighted by Gasteiger charge is -2.22. The Hall–Kier alpha value is -0.570. The van der Waals surface area contributed by atoms with E-state index < -0.39 is 5.54 Å². The molecule has 0 unspecified atom stereocenters.